The van der Waals surface area contributed by atoms with E-state index in [1.807, 2.05) is 0 Å². The Bertz CT molecular complexity index is 1240. The summed E-state index contributed by atoms with van der Waals surface area (Å²) in [5, 5.41) is 11.9. The number of carbonyl (C=O) groups excluding carboxylic acids is 4. The molecule has 1 aromatic heterocycles. The van der Waals surface area contributed by atoms with Gasteiger partial charge in [0.1, 0.15) is 11.6 Å². The van der Waals surface area contributed by atoms with Crippen molar-refractivity contribution in [3.63, 3.8) is 0 Å². The molecule has 4 rings (SSSR count). The van der Waals surface area contributed by atoms with Gasteiger partial charge in [0.25, 0.3) is 5.91 Å². The van der Waals surface area contributed by atoms with Crippen LogP contribution in [-0.2, 0) is 9.59 Å². The fourth-order valence-electron chi connectivity index (χ4n) is 3.26. The molecule has 0 radical (unpaired) electrons. The second kappa shape index (κ2) is 9.48. The summed E-state index contributed by atoms with van der Waals surface area (Å²) in [6.07, 6.45) is -0.0423. The van der Waals surface area contributed by atoms with Crippen LogP contribution in [0.4, 0.5) is 20.6 Å². The Morgan fingerprint density at radius 2 is 1.68 bits per heavy atom. The summed E-state index contributed by atoms with van der Waals surface area (Å²) in [5.74, 6) is -1.24. The molecule has 0 spiro atoms. The Morgan fingerprint density at radius 1 is 1.03 bits per heavy atom. The lowest BCUT2D eigenvalue weighted by atomic mass is 10.2. The molecular weight excluding hydrogens is 445 g/mol. The Labute approximate surface area is 193 Å². The topological polar surface area (TPSA) is 138 Å². The molecule has 1 saturated heterocycles. The summed E-state index contributed by atoms with van der Waals surface area (Å²) in [6, 6.07) is 11.5. The second-order valence-corrected chi connectivity index (χ2v) is 7.40. The molecule has 3 aromatic rings. The van der Waals surface area contributed by atoms with E-state index in [-0.39, 0.29) is 43.0 Å². The quantitative estimate of drug-likeness (QED) is 0.455. The SMILES string of the molecule is Cc1nc(C(=O)Nc2ccc(NC(=O)CCN3C(=O)CNC3=O)cc2)nn1-c1ccc(F)cc1. The lowest BCUT2D eigenvalue weighted by Gasteiger charge is -2.12. The lowest BCUT2D eigenvalue weighted by molar-refractivity contribution is -0.125. The van der Waals surface area contributed by atoms with Crippen molar-refractivity contribution in [2.45, 2.75) is 13.3 Å². The van der Waals surface area contributed by atoms with Crippen LogP contribution >= 0.6 is 0 Å². The van der Waals surface area contributed by atoms with Crippen LogP contribution in [0, 0.1) is 12.7 Å². The molecule has 34 heavy (non-hydrogen) atoms. The van der Waals surface area contributed by atoms with E-state index in [4.69, 9.17) is 0 Å². The van der Waals surface area contributed by atoms with Crippen molar-refractivity contribution < 1.29 is 23.6 Å². The highest BCUT2D eigenvalue weighted by molar-refractivity contribution is 6.03. The number of halogens is 1. The molecule has 5 amide bonds. The highest BCUT2D eigenvalue weighted by Gasteiger charge is 2.28. The number of aromatic nitrogens is 3. The number of amides is 5. The van der Waals surface area contributed by atoms with Gasteiger partial charge in [-0.2, -0.15) is 0 Å². The minimum Gasteiger partial charge on any atom is -0.329 e. The van der Waals surface area contributed by atoms with Crippen LogP contribution in [0.3, 0.4) is 0 Å². The first-order valence-electron chi connectivity index (χ1n) is 10.3. The van der Waals surface area contributed by atoms with E-state index in [2.05, 4.69) is 26.0 Å². The fourth-order valence-corrected chi connectivity index (χ4v) is 3.26. The minimum absolute atomic E-state index is 0.0123. The van der Waals surface area contributed by atoms with Crippen LogP contribution in [-0.4, -0.2) is 56.5 Å². The first-order chi connectivity index (χ1) is 16.3. The number of benzene rings is 2. The third-order valence-corrected chi connectivity index (χ3v) is 4.97. The van der Waals surface area contributed by atoms with Gasteiger partial charge in [0.2, 0.25) is 17.6 Å². The minimum atomic E-state index is -0.533. The first-order valence-corrected chi connectivity index (χ1v) is 10.3. The standard InChI is InChI=1S/C22H20FN7O4/c1-13-25-20(28-30(13)17-8-2-14(23)3-9-17)21(33)27-16-6-4-15(5-7-16)26-18(31)10-11-29-19(32)12-24-22(29)34/h2-9H,10-12H2,1H3,(H,24,34)(H,26,31)(H,27,33). The Balaban J connectivity index is 1.33. The van der Waals surface area contributed by atoms with E-state index < -0.39 is 11.9 Å². The Hall–Kier alpha value is -4.61. The van der Waals surface area contributed by atoms with E-state index >= 15 is 0 Å². The average Bonchev–Trinajstić information content (AvgIpc) is 3.36. The normalized spacial score (nSPS) is 13.1. The zero-order chi connectivity index (χ0) is 24.2. The third-order valence-electron chi connectivity index (χ3n) is 4.97. The van der Waals surface area contributed by atoms with E-state index in [1.54, 1.807) is 31.2 Å². The number of nitrogens with zero attached hydrogens (tertiary/aromatic N) is 4. The predicted octanol–water partition coefficient (Wildman–Crippen LogP) is 1.85. The molecule has 0 bridgehead atoms. The molecule has 1 fully saturated rings. The van der Waals surface area contributed by atoms with Gasteiger partial charge in [-0.3, -0.25) is 19.3 Å². The van der Waals surface area contributed by atoms with Gasteiger partial charge in [0.15, 0.2) is 0 Å². The zero-order valence-electron chi connectivity index (χ0n) is 18.0. The molecule has 0 saturated carbocycles. The van der Waals surface area contributed by atoms with Crippen molar-refractivity contribution in [1.29, 1.82) is 0 Å². The zero-order valence-corrected chi connectivity index (χ0v) is 18.0. The van der Waals surface area contributed by atoms with Gasteiger partial charge < -0.3 is 16.0 Å². The monoisotopic (exact) mass is 465 g/mol. The van der Waals surface area contributed by atoms with Crippen LogP contribution in [0.15, 0.2) is 48.5 Å². The molecule has 0 aliphatic carbocycles. The maximum absolute atomic E-state index is 13.1. The van der Waals surface area contributed by atoms with E-state index in [0.29, 0.717) is 22.9 Å². The average molecular weight is 465 g/mol. The number of nitrogens with one attached hydrogen (secondary N) is 3. The fraction of sp³-hybridized carbons (Fsp3) is 0.182. The summed E-state index contributed by atoms with van der Waals surface area (Å²) in [4.78, 5) is 52.8. The number of imide groups is 1. The van der Waals surface area contributed by atoms with Gasteiger partial charge in [-0.25, -0.2) is 18.9 Å². The van der Waals surface area contributed by atoms with Crippen molar-refractivity contribution in [2.75, 3.05) is 23.7 Å². The van der Waals surface area contributed by atoms with Crippen molar-refractivity contribution >= 4 is 35.1 Å². The van der Waals surface area contributed by atoms with Crippen molar-refractivity contribution in [1.82, 2.24) is 25.0 Å². The summed E-state index contributed by atoms with van der Waals surface area (Å²) in [6.45, 7) is 1.60. The van der Waals surface area contributed by atoms with Gasteiger partial charge in [-0.05, 0) is 55.5 Å². The second-order valence-electron chi connectivity index (χ2n) is 7.40. The number of carbonyl (C=O) groups is 4. The molecule has 2 heterocycles. The van der Waals surface area contributed by atoms with Gasteiger partial charge >= 0.3 is 6.03 Å². The molecule has 0 unspecified atom stereocenters. The van der Waals surface area contributed by atoms with Gasteiger partial charge in [0, 0.05) is 24.3 Å². The predicted molar refractivity (Wildman–Crippen MR) is 119 cm³/mol. The maximum atomic E-state index is 13.1. The Morgan fingerprint density at radius 3 is 2.29 bits per heavy atom. The maximum Gasteiger partial charge on any atom is 0.324 e. The Kier molecular flexibility index (Phi) is 6.30. The van der Waals surface area contributed by atoms with Crippen LogP contribution in [0.5, 0.6) is 0 Å². The van der Waals surface area contributed by atoms with Crippen LogP contribution in [0.2, 0.25) is 0 Å². The summed E-state index contributed by atoms with van der Waals surface area (Å²) >= 11 is 0. The molecule has 12 heteroatoms. The lowest BCUT2D eigenvalue weighted by Crippen LogP contribution is -2.33. The molecule has 3 N–H and O–H groups in total. The van der Waals surface area contributed by atoms with Crippen LogP contribution in [0.1, 0.15) is 22.9 Å². The molecule has 0 atom stereocenters. The van der Waals surface area contributed by atoms with Crippen molar-refractivity contribution in [2.24, 2.45) is 0 Å². The van der Waals surface area contributed by atoms with E-state index in [9.17, 15) is 23.6 Å². The van der Waals surface area contributed by atoms with Crippen molar-refractivity contribution in [3.05, 3.63) is 66.0 Å². The number of rotatable bonds is 7. The number of hydrogen-bond donors (Lipinski definition) is 3. The summed E-state index contributed by atoms with van der Waals surface area (Å²) in [5.41, 5.74) is 1.51. The van der Waals surface area contributed by atoms with Gasteiger partial charge in [0.05, 0.1) is 12.2 Å². The molecule has 11 nitrogen and oxygen atoms in total. The summed E-state index contributed by atoms with van der Waals surface area (Å²) in [7, 11) is 0. The molecular formula is C22H20FN7O4. The third kappa shape index (κ3) is 5.06. The van der Waals surface area contributed by atoms with Crippen LogP contribution in [0.25, 0.3) is 5.69 Å². The number of anilines is 2. The number of hydrogen-bond acceptors (Lipinski definition) is 6. The molecule has 2 aromatic carbocycles. The molecule has 1 aliphatic heterocycles. The van der Waals surface area contributed by atoms with E-state index in [1.165, 1.54) is 28.9 Å². The highest BCUT2D eigenvalue weighted by Crippen LogP contribution is 2.16. The molecule has 174 valence electrons. The van der Waals surface area contributed by atoms with Crippen molar-refractivity contribution in [3.8, 4) is 5.69 Å². The smallest absolute Gasteiger partial charge is 0.324 e. The number of aryl methyl sites for hydroxylation is 1. The molecule has 1 aliphatic rings. The van der Waals surface area contributed by atoms with Gasteiger partial charge in [-0.1, -0.05) is 0 Å². The summed E-state index contributed by atoms with van der Waals surface area (Å²) < 4.78 is 14.6. The largest absolute Gasteiger partial charge is 0.329 e. The number of urea groups is 1. The highest BCUT2D eigenvalue weighted by atomic mass is 19.1. The first kappa shape index (κ1) is 22.6. The van der Waals surface area contributed by atoms with Crippen LogP contribution < -0.4 is 16.0 Å². The van der Waals surface area contributed by atoms with Gasteiger partial charge in [-0.15, -0.1) is 5.10 Å². The van der Waals surface area contributed by atoms with E-state index in [0.717, 1.165) is 4.90 Å².